The molecule has 1 amide bonds. The number of carbonyl (C=O) groups is 2. The highest BCUT2D eigenvalue weighted by Crippen LogP contribution is 2.10. The maximum absolute atomic E-state index is 12.3. The normalized spacial score (nSPS) is 12.5. The van der Waals surface area contributed by atoms with E-state index in [0.717, 1.165) is 5.56 Å². The third kappa shape index (κ3) is 5.82. The number of aryl methyl sites for hydroxylation is 1. The zero-order chi connectivity index (χ0) is 16.8. The van der Waals surface area contributed by atoms with Crippen LogP contribution in [0.5, 0.6) is 0 Å². The summed E-state index contributed by atoms with van der Waals surface area (Å²) in [5.74, 6) is -0.520. The van der Waals surface area contributed by atoms with Crippen molar-refractivity contribution in [2.45, 2.75) is 24.8 Å². The molecule has 8 heteroatoms. The first kappa shape index (κ1) is 18.1. The second-order valence-electron chi connectivity index (χ2n) is 4.98. The molecule has 0 aliphatic heterocycles. The van der Waals surface area contributed by atoms with E-state index in [1.54, 1.807) is 12.1 Å². The fourth-order valence-electron chi connectivity index (χ4n) is 1.74. The summed E-state index contributed by atoms with van der Waals surface area (Å²) in [5, 5.41) is 0. The van der Waals surface area contributed by atoms with Crippen LogP contribution in [0.25, 0.3) is 0 Å². The Bertz CT molecular complexity index is 613. The van der Waals surface area contributed by atoms with Gasteiger partial charge in [-0.25, -0.2) is 13.1 Å². The lowest BCUT2D eigenvalue weighted by Crippen LogP contribution is -2.45. The Morgan fingerprint density at radius 2 is 1.95 bits per heavy atom. The van der Waals surface area contributed by atoms with Crippen LogP contribution in [0.3, 0.4) is 0 Å². The van der Waals surface area contributed by atoms with Gasteiger partial charge in [-0.3, -0.25) is 9.59 Å². The Kier molecular flexibility index (Phi) is 6.51. The zero-order valence-electron chi connectivity index (χ0n) is 12.8. The van der Waals surface area contributed by atoms with Gasteiger partial charge in [-0.1, -0.05) is 17.7 Å². The number of ether oxygens (including phenoxy) is 1. The Morgan fingerprint density at radius 1 is 1.36 bits per heavy atom. The van der Waals surface area contributed by atoms with E-state index in [4.69, 9.17) is 4.74 Å². The molecule has 1 N–H and O–H groups in total. The summed E-state index contributed by atoms with van der Waals surface area (Å²) in [6.07, 6.45) is 0.570. The predicted molar refractivity (Wildman–Crippen MR) is 80.6 cm³/mol. The summed E-state index contributed by atoms with van der Waals surface area (Å²) in [5.41, 5.74) is 0.941. The molecule has 0 heterocycles. The molecular formula is C14H20N2O5S. The van der Waals surface area contributed by atoms with Crippen molar-refractivity contribution in [2.75, 3.05) is 20.2 Å². The highest BCUT2D eigenvalue weighted by Gasteiger charge is 2.22. The molecular weight excluding hydrogens is 308 g/mol. The van der Waals surface area contributed by atoms with Crippen LogP contribution >= 0.6 is 0 Å². The van der Waals surface area contributed by atoms with E-state index in [-0.39, 0.29) is 18.0 Å². The molecule has 1 aromatic rings. The van der Waals surface area contributed by atoms with Crippen molar-refractivity contribution in [2.24, 2.45) is 0 Å². The van der Waals surface area contributed by atoms with E-state index in [2.05, 4.69) is 4.72 Å². The summed E-state index contributed by atoms with van der Waals surface area (Å²) in [6.45, 7) is 3.02. The number of likely N-dealkylation sites (N-methyl/N-ethyl adjacent to an activating group) is 1. The van der Waals surface area contributed by atoms with E-state index in [9.17, 15) is 18.0 Å². The number of hydrogen-bond donors (Lipinski definition) is 1. The molecule has 0 aliphatic carbocycles. The topological polar surface area (TPSA) is 92.8 Å². The monoisotopic (exact) mass is 328 g/mol. The molecule has 0 spiro atoms. The summed E-state index contributed by atoms with van der Waals surface area (Å²) in [6, 6.07) is 5.62. The van der Waals surface area contributed by atoms with Crippen LogP contribution in [0.1, 0.15) is 12.5 Å². The molecule has 0 aliphatic rings. The largest absolute Gasteiger partial charge is 0.464 e. The van der Waals surface area contributed by atoms with Gasteiger partial charge < -0.3 is 9.64 Å². The third-order valence-corrected chi connectivity index (χ3v) is 4.37. The van der Waals surface area contributed by atoms with Crippen molar-refractivity contribution in [1.82, 2.24) is 9.62 Å². The minimum Gasteiger partial charge on any atom is -0.464 e. The molecule has 1 aromatic carbocycles. The molecule has 0 saturated heterocycles. The van der Waals surface area contributed by atoms with Gasteiger partial charge in [0.05, 0.1) is 10.9 Å². The number of amides is 1. The summed E-state index contributed by atoms with van der Waals surface area (Å²) >= 11 is 0. The molecule has 7 nitrogen and oxygen atoms in total. The van der Waals surface area contributed by atoms with Gasteiger partial charge in [-0.2, -0.15) is 0 Å². The predicted octanol–water partition coefficient (Wildman–Crippen LogP) is 0.293. The Hall–Kier alpha value is -1.93. The molecule has 0 radical (unpaired) electrons. The number of carbonyl (C=O) groups excluding carboxylic acids is 2. The molecule has 0 saturated carbocycles. The second kappa shape index (κ2) is 7.90. The summed E-state index contributed by atoms with van der Waals surface area (Å²) in [7, 11) is -2.25. The summed E-state index contributed by atoms with van der Waals surface area (Å²) in [4.78, 5) is 23.0. The molecule has 1 unspecified atom stereocenters. The number of nitrogens with zero attached hydrogens (tertiary/aromatic N) is 1. The smallest absolute Gasteiger partial charge is 0.302 e. The van der Waals surface area contributed by atoms with Gasteiger partial charge in [0, 0.05) is 20.5 Å². The fourth-order valence-corrected chi connectivity index (χ4v) is 2.95. The highest BCUT2D eigenvalue weighted by molar-refractivity contribution is 7.89. The lowest BCUT2D eigenvalue weighted by atomic mass is 10.2. The maximum Gasteiger partial charge on any atom is 0.302 e. The SMILES string of the molecule is CC(=O)OCC(CN(C)C=O)NS(=O)(=O)c1ccc(C)cc1. The van der Waals surface area contributed by atoms with Gasteiger partial charge >= 0.3 is 5.97 Å². The van der Waals surface area contributed by atoms with Crippen LogP contribution in [0.4, 0.5) is 0 Å². The second-order valence-corrected chi connectivity index (χ2v) is 6.69. The first-order valence-corrected chi connectivity index (χ1v) is 8.11. The van der Waals surface area contributed by atoms with E-state index < -0.39 is 22.0 Å². The quantitative estimate of drug-likeness (QED) is 0.547. The van der Waals surface area contributed by atoms with Gasteiger partial charge in [0.15, 0.2) is 0 Å². The van der Waals surface area contributed by atoms with Crippen molar-refractivity contribution in [3.05, 3.63) is 29.8 Å². The number of nitrogens with one attached hydrogen (secondary N) is 1. The minimum absolute atomic E-state index is 0.0852. The van der Waals surface area contributed by atoms with Crippen molar-refractivity contribution in [1.29, 1.82) is 0 Å². The number of hydrogen-bond acceptors (Lipinski definition) is 5. The Balaban J connectivity index is 2.87. The van der Waals surface area contributed by atoms with Gasteiger partial charge in [0.2, 0.25) is 16.4 Å². The standard InChI is InChI=1S/C14H20N2O5S/c1-11-4-6-14(7-5-11)22(19,20)15-13(8-16(3)10-17)9-21-12(2)18/h4-7,10,13,15H,8-9H2,1-3H3. The van der Waals surface area contributed by atoms with Crippen LogP contribution in [0.2, 0.25) is 0 Å². The third-order valence-electron chi connectivity index (χ3n) is 2.83. The number of esters is 1. The van der Waals surface area contributed by atoms with Crippen molar-refractivity contribution >= 4 is 22.4 Å². The molecule has 22 heavy (non-hydrogen) atoms. The van der Waals surface area contributed by atoms with E-state index in [1.165, 1.54) is 31.0 Å². The van der Waals surface area contributed by atoms with Gasteiger partial charge in [0.1, 0.15) is 6.61 Å². The molecule has 0 aromatic heterocycles. The number of benzene rings is 1. The van der Waals surface area contributed by atoms with E-state index in [0.29, 0.717) is 6.41 Å². The molecule has 0 bridgehead atoms. The van der Waals surface area contributed by atoms with Gasteiger partial charge in [-0.15, -0.1) is 0 Å². The number of rotatable bonds is 8. The van der Waals surface area contributed by atoms with Crippen LogP contribution in [0.15, 0.2) is 29.2 Å². The van der Waals surface area contributed by atoms with E-state index >= 15 is 0 Å². The first-order chi connectivity index (χ1) is 10.2. The Morgan fingerprint density at radius 3 is 2.45 bits per heavy atom. The van der Waals surface area contributed by atoms with Crippen molar-refractivity contribution in [3.8, 4) is 0 Å². The molecule has 1 rings (SSSR count). The lowest BCUT2D eigenvalue weighted by molar-refractivity contribution is -0.141. The lowest BCUT2D eigenvalue weighted by Gasteiger charge is -2.22. The average Bonchev–Trinajstić information content (AvgIpc) is 2.44. The highest BCUT2D eigenvalue weighted by atomic mass is 32.2. The van der Waals surface area contributed by atoms with Crippen molar-refractivity contribution in [3.63, 3.8) is 0 Å². The fraction of sp³-hybridized carbons (Fsp3) is 0.429. The van der Waals surface area contributed by atoms with Gasteiger partial charge in [-0.05, 0) is 19.1 Å². The molecule has 1 atom stereocenters. The minimum atomic E-state index is -3.76. The summed E-state index contributed by atoms with van der Waals surface area (Å²) < 4.78 is 31.9. The van der Waals surface area contributed by atoms with Gasteiger partial charge in [0.25, 0.3) is 0 Å². The van der Waals surface area contributed by atoms with Crippen molar-refractivity contribution < 1.29 is 22.7 Å². The van der Waals surface area contributed by atoms with E-state index in [1.807, 2.05) is 6.92 Å². The van der Waals surface area contributed by atoms with Crippen LogP contribution in [-0.4, -0.2) is 51.9 Å². The molecule has 122 valence electrons. The van der Waals surface area contributed by atoms with Crippen LogP contribution in [-0.2, 0) is 24.3 Å². The molecule has 0 fully saturated rings. The Labute approximate surface area is 130 Å². The zero-order valence-corrected chi connectivity index (χ0v) is 13.6. The number of sulfonamides is 1. The van der Waals surface area contributed by atoms with Crippen LogP contribution in [0, 0.1) is 6.92 Å². The maximum atomic E-state index is 12.3. The van der Waals surface area contributed by atoms with Crippen LogP contribution < -0.4 is 4.72 Å². The average molecular weight is 328 g/mol. The first-order valence-electron chi connectivity index (χ1n) is 6.62.